The van der Waals surface area contributed by atoms with Crippen LogP contribution in [0.15, 0.2) is 42.5 Å². The number of Topliss-reactive ketones (excluding diaryl/α,β-unsaturated/α-hetero) is 1. The first-order chi connectivity index (χ1) is 16.7. The minimum absolute atomic E-state index is 0.0731. The number of likely N-dealkylation sites (tertiary alicyclic amines) is 2. The summed E-state index contributed by atoms with van der Waals surface area (Å²) in [5.41, 5.74) is 1.10. The predicted molar refractivity (Wildman–Crippen MR) is 128 cm³/mol. The minimum atomic E-state index is -1.21. The molecule has 2 N–H and O–H groups in total. The third-order valence-electron chi connectivity index (χ3n) is 7.56. The van der Waals surface area contributed by atoms with E-state index in [2.05, 4.69) is 0 Å². The van der Waals surface area contributed by atoms with Crippen LogP contribution in [0.3, 0.4) is 0 Å². The van der Waals surface area contributed by atoms with Gasteiger partial charge in [0.2, 0.25) is 5.91 Å². The normalized spacial score (nSPS) is 24.8. The first kappa shape index (κ1) is 24.7. The third-order valence-corrected chi connectivity index (χ3v) is 7.56. The van der Waals surface area contributed by atoms with Crippen molar-refractivity contribution in [2.75, 3.05) is 19.6 Å². The van der Waals surface area contributed by atoms with Crippen molar-refractivity contribution < 1.29 is 29.0 Å². The van der Waals surface area contributed by atoms with Crippen LogP contribution in [0.1, 0.15) is 53.6 Å². The zero-order valence-corrected chi connectivity index (χ0v) is 20.0. The molecule has 8 heteroatoms. The molecule has 4 atom stereocenters. The van der Waals surface area contributed by atoms with Crippen molar-refractivity contribution in [2.24, 2.45) is 11.8 Å². The Balaban J connectivity index is 1.87. The molecule has 4 rings (SSSR count). The Morgan fingerprint density at radius 1 is 1.03 bits per heavy atom. The monoisotopic (exact) mass is 482 g/mol. The molecule has 2 aliphatic rings. The second-order valence-electron chi connectivity index (χ2n) is 9.59. The van der Waals surface area contributed by atoms with E-state index in [0.29, 0.717) is 24.2 Å². The fraction of sp³-hybridized carbons (Fsp3) is 0.444. The maximum absolute atomic E-state index is 14.7. The Morgan fingerprint density at radius 2 is 1.71 bits per heavy atom. The molecule has 0 bridgehead atoms. The van der Waals surface area contributed by atoms with E-state index < -0.39 is 35.7 Å². The summed E-state index contributed by atoms with van der Waals surface area (Å²) < 4.78 is 14.7. The van der Waals surface area contributed by atoms with Gasteiger partial charge >= 0.3 is 6.09 Å². The molecule has 2 fully saturated rings. The van der Waals surface area contributed by atoms with Gasteiger partial charge < -0.3 is 20.0 Å². The van der Waals surface area contributed by atoms with E-state index in [4.69, 9.17) is 0 Å². The number of carboxylic acid groups (broad SMARTS) is 1. The number of carbonyl (C=O) groups excluding carboxylic acids is 2. The molecule has 35 heavy (non-hydrogen) atoms. The van der Waals surface area contributed by atoms with E-state index in [9.17, 15) is 29.0 Å². The van der Waals surface area contributed by atoms with Crippen LogP contribution >= 0.6 is 0 Å². The molecule has 2 amide bonds. The van der Waals surface area contributed by atoms with Crippen molar-refractivity contribution in [1.82, 2.24) is 9.80 Å². The summed E-state index contributed by atoms with van der Waals surface area (Å²) in [7, 11) is 0. The number of benzene rings is 2. The van der Waals surface area contributed by atoms with Gasteiger partial charge in [-0.05, 0) is 62.4 Å². The van der Waals surface area contributed by atoms with E-state index in [0.717, 1.165) is 24.2 Å². The number of phenolic OH excluding ortho intramolecular Hbond substituents is 1. The Bertz CT molecular complexity index is 1130. The molecule has 2 aromatic carbocycles. The van der Waals surface area contributed by atoms with Crippen LogP contribution in [0.5, 0.6) is 5.75 Å². The lowest BCUT2D eigenvalue weighted by Crippen LogP contribution is -2.59. The smallest absolute Gasteiger partial charge is 0.407 e. The van der Waals surface area contributed by atoms with Gasteiger partial charge in [-0.25, -0.2) is 9.18 Å². The SMILES string of the molecule is Cc1c(F)cccc1[C@H]1[C@@H](C(=O)N2CCCCC2)CN(C(=O)O)C(C)[C@@H]1C(=O)c1cccc(O)c1. The summed E-state index contributed by atoms with van der Waals surface area (Å²) >= 11 is 0. The van der Waals surface area contributed by atoms with Crippen molar-refractivity contribution in [3.8, 4) is 5.75 Å². The first-order valence-electron chi connectivity index (χ1n) is 12.1. The zero-order valence-electron chi connectivity index (χ0n) is 20.0. The summed E-state index contributed by atoms with van der Waals surface area (Å²) in [5.74, 6) is -3.62. The molecule has 0 spiro atoms. The molecule has 2 heterocycles. The first-order valence-corrected chi connectivity index (χ1v) is 12.1. The lowest BCUT2D eigenvalue weighted by Gasteiger charge is -2.47. The van der Waals surface area contributed by atoms with Gasteiger partial charge in [-0.1, -0.05) is 24.3 Å². The van der Waals surface area contributed by atoms with Crippen molar-refractivity contribution >= 4 is 17.8 Å². The van der Waals surface area contributed by atoms with Crippen molar-refractivity contribution in [1.29, 1.82) is 0 Å². The van der Waals surface area contributed by atoms with Gasteiger partial charge in [0.1, 0.15) is 11.6 Å². The Labute approximate surface area is 204 Å². The van der Waals surface area contributed by atoms with Gasteiger partial charge in [-0.2, -0.15) is 0 Å². The predicted octanol–water partition coefficient (Wildman–Crippen LogP) is 4.43. The van der Waals surface area contributed by atoms with Crippen LogP contribution in [0.2, 0.25) is 0 Å². The van der Waals surface area contributed by atoms with E-state index in [-0.39, 0.29) is 29.5 Å². The van der Waals surface area contributed by atoms with Gasteiger partial charge in [0.05, 0.1) is 11.8 Å². The number of rotatable bonds is 4. The average Bonchev–Trinajstić information content (AvgIpc) is 2.85. The molecule has 2 aliphatic heterocycles. The highest BCUT2D eigenvalue weighted by molar-refractivity contribution is 6.00. The van der Waals surface area contributed by atoms with Crippen LogP contribution in [0.25, 0.3) is 0 Å². The van der Waals surface area contributed by atoms with Gasteiger partial charge in [-0.3, -0.25) is 9.59 Å². The van der Waals surface area contributed by atoms with Crippen molar-refractivity contribution in [2.45, 2.75) is 45.1 Å². The van der Waals surface area contributed by atoms with Crippen LogP contribution < -0.4 is 0 Å². The van der Waals surface area contributed by atoms with Crippen molar-refractivity contribution in [3.05, 3.63) is 65.0 Å². The van der Waals surface area contributed by atoms with E-state index >= 15 is 0 Å². The third kappa shape index (κ3) is 4.74. The van der Waals surface area contributed by atoms with Crippen LogP contribution in [-0.2, 0) is 4.79 Å². The van der Waals surface area contributed by atoms with Crippen LogP contribution in [0.4, 0.5) is 9.18 Å². The van der Waals surface area contributed by atoms with E-state index in [1.165, 1.54) is 18.2 Å². The summed E-state index contributed by atoms with van der Waals surface area (Å²) in [6.07, 6.45) is 1.55. The fourth-order valence-electron chi connectivity index (χ4n) is 5.70. The number of halogens is 1. The van der Waals surface area contributed by atoms with Gasteiger partial charge in [0, 0.05) is 37.2 Å². The fourth-order valence-corrected chi connectivity index (χ4v) is 5.70. The largest absolute Gasteiger partial charge is 0.508 e. The highest BCUT2D eigenvalue weighted by atomic mass is 19.1. The lowest BCUT2D eigenvalue weighted by molar-refractivity contribution is -0.140. The lowest BCUT2D eigenvalue weighted by atomic mass is 9.66. The number of amides is 2. The molecule has 0 saturated carbocycles. The number of piperidine rings is 2. The summed E-state index contributed by atoms with van der Waals surface area (Å²) in [4.78, 5) is 42.9. The Morgan fingerprint density at radius 3 is 2.37 bits per heavy atom. The van der Waals surface area contributed by atoms with Gasteiger partial charge in [0.25, 0.3) is 0 Å². The minimum Gasteiger partial charge on any atom is -0.508 e. The number of ketones is 1. The second kappa shape index (κ2) is 10.1. The highest BCUT2D eigenvalue weighted by Gasteiger charge is 2.51. The van der Waals surface area contributed by atoms with Crippen molar-refractivity contribution in [3.63, 3.8) is 0 Å². The maximum atomic E-state index is 14.7. The number of carbonyl (C=O) groups is 3. The molecule has 186 valence electrons. The zero-order chi connectivity index (χ0) is 25.3. The van der Waals surface area contributed by atoms with Crippen LogP contribution in [-0.4, -0.2) is 63.5 Å². The second-order valence-corrected chi connectivity index (χ2v) is 9.59. The molecular weight excluding hydrogens is 451 g/mol. The number of hydrogen-bond acceptors (Lipinski definition) is 4. The number of aromatic hydroxyl groups is 1. The molecule has 0 radical (unpaired) electrons. The molecule has 1 unspecified atom stereocenters. The van der Waals surface area contributed by atoms with Gasteiger partial charge in [0.15, 0.2) is 5.78 Å². The molecular formula is C27H31FN2O5. The number of nitrogens with zero attached hydrogens (tertiary/aromatic N) is 2. The molecule has 0 aromatic heterocycles. The quantitative estimate of drug-likeness (QED) is 0.628. The highest BCUT2D eigenvalue weighted by Crippen LogP contribution is 2.45. The summed E-state index contributed by atoms with van der Waals surface area (Å²) in [6, 6.07) is 9.75. The Kier molecular flexibility index (Phi) is 7.10. The standard InChI is InChI=1S/C27H31FN2O5/c1-16-20(10-7-11-22(16)28)24-21(26(33)29-12-4-3-5-13-29)15-30(27(34)35)17(2)23(24)25(32)18-8-6-9-19(31)14-18/h6-11,14,17,21,23-24,31H,3-5,12-13,15H2,1-2H3,(H,34,35)/t17?,21-,23-,24-/m0/s1. The number of hydrogen-bond donors (Lipinski definition) is 2. The molecule has 7 nitrogen and oxygen atoms in total. The molecule has 0 aliphatic carbocycles. The van der Waals surface area contributed by atoms with E-state index in [1.807, 2.05) is 0 Å². The van der Waals surface area contributed by atoms with E-state index in [1.54, 1.807) is 43.0 Å². The molecule has 2 aromatic rings. The topological polar surface area (TPSA) is 98.2 Å². The Hall–Kier alpha value is -3.42. The average molecular weight is 483 g/mol. The summed E-state index contributed by atoms with van der Waals surface area (Å²) in [5, 5.41) is 20.0. The number of phenols is 1. The van der Waals surface area contributed by atoms with Crippen LogP contribution in [0, 0.1) is 24.6 Å². The molecule has 2 saturated heterocycles. The van der Waals surface area contributed by atoms with Gasteiger partial charge in [-0.15, -0.1) is 0 Å². The summed E-state index contributed by atoms with van der Waals surface area (Å²) in [6.45, 7) is 4.37. The maximum Gasteiger partial charge on any atom is 0.407 e.